The van der Waals surface area contributed by atoms with Gasteiger partial charge >= 0.3 is 0 Å². The minimum atomic E-state index is -3.36. The van der Waals surface area contributed by atoms with Crippen LogP contribution < -0.4 is 10.0 Å². The summed E-state index contributed by atoms with van der Waals surface area (Å²) in [4.78, 5) is 11.9. The molecule has 122 valence electrons. The second-order valence-corrected chi connectivity index (χ2v) is 6.60. The highest BCUT2D eigenvalue weighted by molar-refractivity contribution is 7.92. The standard InChI is InChI=1S/C15H22N2O4S/c1-4-9-21-12(3)15(18)16-13-7-6-8-14(11-13)17-22(19,20)10-5-2/h4,6-8,11-12,17H,1,5,9-10H2,2-3H3,(H,16,18). The smallest absolute Gasteiger partial charge is 0.253 e. The molecule has 1 aromatic carbocycles. The highest BCUT2D eigenvalue weighted by Gasteiger charge is 2.14. The van der Waals surface area contributed by atoms with Crippen LogP contribution in [0.5, 0.6) is 0 Å². The first kappa shape index (κ1) is 18.2. The molecule has 1 rings (SSSR count). The van der Waals surface area contributed by atoms with Crippen LogP contribution in [-0.4, -0.2) is 32.8 Å². The van der Waals surface area contributed by atoms with Gasteiger partial charge in [-0.1, -0.05) is 19.1 Å². The molecule has 0 radical (unpaired) electrons. The topological polar surface area (TPSA) is 84.5 Å². The summed E-state index contributed by atoms with van der Waals surface area (Å²) in [5.74, 6) is -0.258. The van der Waals surface area contributed by atoms with Gasteiger partial charge < -0.3 is 10.1 Å². The summed E-state index contributed by atoms with van der Waals surface area (Å²) in [5.41, 5.74) is 0.904. The lowest BCUT2D eigenvalue weighted by Gasteiger charge is -2.13. The largest absolute Gasteiger partial charge is 0.365 e. The lowest BCUT2D eigenvalue weighted by Crippen LogP contribution is -2.27. The van der Waals surface area contributed by atoms with Crippen molar-refractivity contribution >= 4 is 27.3 Å². The van der Waals surface area contributed by atoms with Crippen LogP contribution in [0.15, 0.2) is 36.9 Å². The van der Waals surface area contributed by atoms with E-state index in [4.69, 9.17) is 4.74 Å². The van der Waals surface area contributed by atoms with Crippen LogP contribution in [0, 0.1) is 0 Å². The summed E-state index contributed by atoms with van der Waals surface area (Å²) in [6.45, 7) is 7.22. The Bertz CT molecular complexity index is 614. The number of nitrogens with one attached hydrogen (secondary N) is 2. The van der Waals surface area contributed by atoms with Gasteiger partial charge in [0, 0.05) is 5.69 Å². The van der Waals surface area contributed by atoms with Crippen molar-refractivity contribution in [1.29, 1.82) is 0 Å². The molecule has 0 aliphatic heterocycles. The molecular weight excluding hydrogens is 304 g/mol. The van der Waals surface area contributed by atoms with Crippen molar-refractivity contribution in [3.63, 3.8) is 0 Å². The Labute approximate surface area is 131 Å². The van der Waals surface area contributed by atoms with Gasteiger partial charge in [-0.3, -0.25) is 9.52 Å². The predicted octanol–water partition coefficient (Wildman–Crippen LogP) is 2.37. The van der Waals surface area contributed by atoms with E-state index < -0.39 is 16.1 Å². The van der Waals surface area contributed by atoms with Crippen molar-refractivity contribution in [2.24, 2.45) is 0 Å². The summed E-state index contributed by atoms with van der Waals surface area (Å²) < 4.78 is 31.2. The van der Waals surface area contributed by atoms with Gasteiger partial charge in [-0.15, -0.1) is 6.58 Å². The third-order valence-corrected chi connectivity index (χ3v) is 4.20. The maximum absolute atomic E-state index is 11.9. The van der Waals surface area contributed by atoms with Crippen molar-refractivity contribution < 1.29 is 17.9 Å². The molecule has 0 saturated heterocycles. The van der Waals surface area contributed by atoms with Crippen molar-refractivity contribution in [2.45, 2.75) is 26.4 Å². The van der Waals surface area contributed by atoms with E-state index in [1.807, 2.05) is 0 Å². The first-order valence-corrected chi connectivity index (χ1v) is 8.67. The quantitative estimate of drug-likeness (QED) is 0.682. The van der Waals surface area contributed by atoms with Gasteiger partial charge in [0.05, 0.1) is 18.0 Å². The van der Waals surface area contributed by atoms with Crippen LogP contribution in [0.3, 0.4) is 0 Å². The van der Waals surface area contributed by atoms with Crippen molar-refractivity contribution in [2.75, 3.05) is 22.4 Å². The number of anilines is 2. The van der Waals surface area contributed by atoms with Crippen molar-refractivity contribution in [1.82, 2.24) is 0 Å². The Balaban J connectivity index is 2.72. The summed E-state index contributed by atoms with van der Waals surface area (Å²) in [5, 5.41) is 2.68. The van der Waals surface area contributed by atoms with Gasteiger partial charge in [-0.2, -0.15) is 0 Å². The van der Waals surface area contributed by atoms with E-state index in [1.54, 1.807) is 44.2 Å². The molecule has 1 amide bonds. The van der Waals surface area contributed by atoms with E-state index in [0.717, 1.165) is 0 Å². The molecule has 0 aliphatic rings. The van der Waals surface area contributed by atoms with E-state index in [0.29, 0.717) is 17.8 Å². The molecule has 1 aromatic rings. The zero-order valence-corrected chi connectivity index (χ0v) is 13.7. The fourth-order valence-electron chi connectivity index (χ4n) is 1.69. The Kier molecular flexibility index (Phi) is 7.07. The van der Waals surface area contributed by atoms with Crippen LogP contribution in [0.4, 0.5) is 11.4 Å². The molecule has 6 nitrogen and oxygen atoms in total. The number of amides is 1. The second kappa shape index (κ2) is 8.55. The molecule has 1 atom stereocenters. The molecule has 0 fully saturated rings. The fourth-order valence-corrected chi connectivity index (χ4v) is 2.82. The van der Waals surface area contributed by atoms with Gasteiger partial charge in [0.25, 0.3) is 5.91 Å². The van der Waals surface area contributed by atoms with E-state index in [2.05, 4.69) is 16.6 Å². The normalized spacial score (nSPS) is 12.5. The summed E-state index contributed by atoms with van der Waals surface area (Å²) in [7, 11) is -3.36. The first-order chi connectivity index (χ1) is 10.4. The van der Waals surface area contributed by atoms with E-state index >= 15 is 0 Å². The number of carbonyl (C=O) groups is 1. The molecule has 22 heavy (non-hydrogen) atoms. The Hall–Kier alpha value is -1.86. The average Bonchev–Trinajstić information content (AvgIpc) is 2.44. The van der Waals surface area contributed by atoms with Gasteiger partial charge in [0.15, 0.2) is 0 Å². The lowest BCUT2D eigenvalue weighted by atomic mass is 10.2. The van der Waals surface area contributed by atoms with Crippen molar-refractivity contribution in [3.05, 3.63) is 36.9 Å². The average molecular weight is 326 g/mol. The third-order valence-electron chi connectivity index (χ3n) is 2.71. The minimum absolute atomic E-state index is 0.0516. The maximum Gasteiger partial charge on any atom is 0.253 e. The molecular formula is C15H22N2O4S. The van der Waals surface area contributed by atoms with E-state index in [1.165, 1.54) is 0 Å². The minimum Gasteiger partial charge on any atom is -0.365 e. The number of carbonyl (C=O) groups excluding carboxylic acids is 1. The molecule has 0 saturated carbocycles. The van der Waals surface area contributed by atoms with Gasteiger partial charge in [-0.05, 0) is 31.5 Å². The maximum atomic E-state index is 11.9. The van der Waals surface area contributed by atoms with Crippen LogP contribution in [0.1, 0.15) is 20.3 Å². The van der Waals surface area contributed by atoms with E-state index in [-0.39, 0.29) is 18.3 Å². The SMILES string of the molecule is C=CCOC(C)C(=O)Nc1cccc(NS(=O)(=O)CCC)c1. The number of sulfonamides is 1. The molecule has 0 spiro atoms. The van der Waals surface area contributed by atoms with Crippen molar-refractivity contribution in [3.8, 4) is 0 Å². The number of rotatable bonds is 9. The molecule has 7 heteroatoms. The molecule has 0 heterocycles. The fraction of sp³-hybridized carbons (Fsp3) is 0.400. The first-order valence-electron chi connectivity index (χ1n) is 7.02. The summed E-state index contributed by atoms with van der Waals surface area (Å²) >= 11 is 0. The number of hydrogen-bond acceptors (Lipinski definition) is 4. The van der Waals surface area contributed by atoms with Gasteiger partial charge in [0.1, 0.15) is 6.10 Å². The van der Waals surface area contributed by atoms with Crippen LogP contribution >= 0.6 is 0 Å². The molecule has 0 aliphatic carbocycles. The van der Waals surface area contributed by atoms with Gasteiger partial charge in [-0.25, -0.2) is 8.42 Å². The Morgan fingerprint density at radius 3 is 2.73 bits per heavy atom. The zero-order valence-electron chi connectivity index (χ0n) is 12.8. The number of hydrogen-bond donors (Lipinski definition) is 2. The highest BCUT2D eigenvalue weighted by Crippen LogP contribution is 2.17. The summed E-state index contributed by atoms with van der Waals surface area (Å²) in [6, 6.07) is 6.52. The Morgan fingerprint density at radius 2 is 2.09 bits per heavy atom. The molecule has 1 unspecified atom stereocenters. The Morgan fingerprint density at radius 1 is 1.41 bits per heavy atom. The second-order valence-electron chi connectivity index (χ2n) is 4.76. The monoisotopic (exact) mass is 326 g/mol. The van der Waals surface area contributed by atoms with Crippen LogP contribution in [0.2, 0.25) is 0 Å². The summed E-state index contributed by atoms with van der Waals surface area (Å²) in [6.07, 6.45) is 1.47. The van der Waals surface area contributed by atoms with Crippen LogP contribution in [0.25, 0.3) is 0 Å². The predicted molar refractivity (Wildman–Crippen MR) is 88.4 cm³/mol. The number of benzene rings is 1. The molecule has 2 N–H and O–H groups in total. The molecule has 0 aromatic heterocycles. The highest BCUT2D eigenvalue weighted by atomic mass is 32.2. The van der Waals surface area contributed by atoms with E-state index in [9.17, 15) is 13.2 Å². The zero-order chi connectivity index (χ0) is 16.6. The number of ether oxygens (including phenoxy) is 1. The lowest BCUT2D eigenvalue weighted by molar-refractivity contribution is -0.125. The molecule has 0 bridgehead atoms. The third kappa shape index (κ3) is 6.28. The van der Waals surface area contributed by atoms with Gasteiger partial charge in [0.2, 0.25) is 10.0 Å². The van der Waals surface area contributed by atoms with Crippen LogP contribution in [-0.2, 0) is 19.6 Å².